The van der Waals surface area contributed by atoms with E-state index >= 15 is 0 Å². The lowest BCUT2D eigenvalue weighted by Gasteiger charge is -2.24. The molecule has 0 aliphatic rings. The van der Waals surface area contributed by atoms with Crippen LogP contribution < -0.4 is 0 Å². The standard InChI is InChI=1S/C28H30N2/c1-19(2)25-17-23(24-14-10-9-11-21(24)5)18-26(20(3)4)27(25)30-16-15-29-28(30)22-12-7-6-8-13-22/h6-20H,1-5H3. The van der Waals surface area contributed by atoms with Gasteiger partial charge in [-0.25, -0.2) is 4.98 Å². The van der Waals surface area contributed by atoms with E-state index in [1.165, 1.54) is 33.5 Å². The maximum atomic E-state index is 4.72. The quantitative estimate of drug-likeness (QED) is 0.338. The number of aryl methyl sites for hydroxylation is 1. The highest BCUT2D eigenvalue weighted by Gasteiger charge is 2.20. The van der Waals surface area contributed by atoms with Gasteiger partial charge in [0.25, 0.3) is 0 Å². The second kappa shape index (κ2) is 8.31. The van der Waals surface area contributed by atoms with Crippen LogP contribution in [0.15, 0.2) is 79.1 Å². The molecule has 0 atom stereocenters. The maximum Gasteiger partial charge on any atom is 0.144 e. The molecule has 0 amide bonds. The highest BCUT2D eigenvalue weighted by molar-refractivity contribution is 5.73. The molecule has 3 aromatic carbocycles. The van der Waals surface area contributed by atoms with Gasteiger partial charge < -0.3 is 0 Å². The van der Waals surface area contributed by atoms with E-state index in [9.17, 15) is 0 Å². The molecule has 0 unspecified atom stereocenters. The second-order valence-corrected chi connectivity index (χ2v) is 8.61. The molecule has 0 N–H and O–H groups in total. The van der Waals surface area contributed by atoms with Crippen LogP contribution in [-0.4, -0.2) is 9.55 Å². The Morgan fingerprint density at radius 1 is 0.733 bits per heavy atom. The second-order valence-electron chi connectivity index (χ2n) is 8.61. The van der Waals surface area contributed by atoms with Gasteiger partial charge in [0.2, 0.25) is 0 Å². The van der Waals surface area contributed by atoms with Crippen LogP contribution >= 0.6 is 0 Å². The monoisotopic (exact) mass is 394 g/mol. The molecule has 152 valence electrons. The largest absolute Gasteiger partial charge is 0.299 e. The minimum Gasteiger partial charge on any atom is -0.299 e. The Labute approximate surface area is 180 Å². The molecular formula is C28H30N2. The van der Waals surface area contributed by atoms with Gasteiger partial charge in [0.15, 0.2) is 0 Å². The van der Waals surface area contributed by atoms with Crippen LogP contribution in [0.1, 0.15) is 56.2 Å². The molecule has 0 bridgehead atoms. The normalized spacial score (nSPS) is 11.4. The van der Waals surface area contributed by atoms with E-state index in [4.69, 9.17) is 4.98 Å². The van der Waals surface area contributed by atoms with Gasteiger partial charge >= 0.3 is 0 Å². The van der Waals surface area contributed by atoms with Crippen LogP contribution in [-0.2, 0) is 0 Å². The Morgan fingerprint density at radius 3 is 1.93 bits per heavy atom. The van der Waals surface area contributed by atoms with Crippen molar-refractivity contribution in [3.63, 3.8) is 0 Å². The number of rotatable bonds is 5. The van der Waals surface area contributed by atoms with Crippen molar-refractivity contribution < 1.29 is 0 Å². The predicted octanol–water partition coefficient (Wildman–Crippen LogP) is 7.76. The van der Waals surface area contributed by atoms with Gasteiger partial charge in [0, 0.05) is 18.0 Å². The van der Waals surface area contributed by atoms with E-state index in [-0.39, 0.29) is 0 Å². The first-order valence-corrected chi connectivity index (χ1v) is 10.8. The molecule has 0 saturated carbocycles. The summed E-state index contributed by atoms with van der Waals surface area (Å²) in [5, 5.41) is 0. The molecule has 2 heteroatoms. The summed E-state index contributed by atoms with van der Waals surface area (Å²) in [5.41, 5.74) is 9.03. The van der Waals surface area contributed by atoms with Gasteiger partial charge in [-0.3, -0.25) is 4.57 Å². The fourth-order valence-electron chi connectivity index (χ4n) is 4.18. The maximum absolute atomic E-state index is 4.72. The molecule has 1 heterocycles. The van der Waals surface area contributed by atoms with Crippen molar-refractivity contribution in [2.75, 3.05) is 0 Å². The van der Waals surface area contributed by atoms with E-state index in [0.29, 0.717) is 11.8 Å². The third-order valence-electron chi connectivity index (χ3n) is 5.78. The summed E-state index contributed by atoms with van der Waals surface area (Å²) in [6.45, 7) is 11.3. The minimum absolute atomic E-state index is 0.396. The molecule has 0 aliphatic heterocycles. The Morgan fingerprint density at radius 2 is 1.33 bits per heavy atom. The van der Waals surface area contributed by atoms with Crippen LogP contribution in [0.4, 0.5) is 0 Å². The average Bonchev–Trinajstić information content (AvgIpc) is 3.23. The lowest BCUT2D eigenvalue weighted by atomic mass is 9.87. The van der Waals surface area contributed by atoms with E-state index < -0.39 is 0 Å². The third kappa shape index (κ3) is 3.70. The Hall–Kier alpha value is -3.13. The van der Waals surface area contributed by atoms with Crippen LogP contribution in [0.3, 0.4) is 0 Å². The fraction of sp³-hybridized carbons (Fsp3) is 0.250. The number of benzene rings is 3. The van der Waals surface area contributed by atoms with E-state index in [1.807, 2.05) is 12.3 Å². The van der Waals surface area contributed by atoms with Crippen molar-refractivity contribution in [3.8, 4) is 28.2 Å². The zero-order valence-electron chi connectivity index (χ0n) is 18.6. The zero-order chi connectivity index (χ0) is 21.3. The first kappa shape index (κ1) is 20.2. The molecule has 0 fully saturated rings. The summed E-state index contributed by atoms with van der Waals surface area (Å²) >= 11 is 0. The van der Waals surface area contributed by atoms with E-state index in [1.54, 1.807) is 0 Å². The van der Waals surface area contributed by atoms with Gasteiger partial charge in [0.05, 0.1) is 5.69 Å². The van der Waals surface area contributed by atoms with Crippen molar-refractivity contribution >= 4 is 0 Å². The van der Waals surface area contributed by atoms with Gasteiger partial charge in [-0.2, -0.15) is 0 Å². The molecule has 30 heavy (non-hydrogen) atoms. The molecule has 0 aliphatic carbocycles. The minimum atomic E-state index is 0.396. The summed E-state index contributed by atoms with van der Waals surface area (Å²) in [7, 11) is 0. The lowest BCUT2D eigenvalue weighted by Crippen LogP contribution is -2.09. The average molecular weight is 395 g/mol. The van der Waals surface area contributed by atoms with E-state index in [2.05, 4.69) is 106 Å². The Kier molecular flexibility index (Phi) is 5.59. The Bertz CT molecular complexity index is 1120. The van der Waals surface area contributed by atoms with Crippen LogP contribution in [0.5, 0.6) is 0 Å². The van der Waals surface area contributed by atoms with Crippen LogP contribution in [0.2, 0.25) is 0 Å². The summed E-state index contributed by atoms with van der Waals surface area (Å²) in [6, 6.07) is 23.9. The zero-order valence-corrected chi connectivity index (χ0v) is 18.6. The molecule has 0 radical (unpaired) electrons. The predicted molar refractivity (Wildman–Crippen MR) is 127 cm³/mol. The first-order chi connectivity index (χ1) is 14.5. The van der Waals surface area contributed by atoms with Crippen molar-refractivity contribution in [1.29, 1.82) is 0 Å². The lowest BCUT2D eigenvalue weighted by molar-refractivity contribution is 0.807. The molecule has 4 rings (SSSR count). The molecule has 1 aromatic heterocycles. The van der Waals surface area contributed by atoms with E-state index in [0.717, 1.165) is 11.4 Å². The van der Waals surface area contributed by atoms with Gasteiger partial charge in [0.1, 0.15) is 5.82 Å². The van der Waals surface area contributed by atoms with Crippen LogP contribution in [0, 0.1) is 6.92 Å². The fourth-order valence-corrected chi connectivity index (χ4v) is 4.18. The summed E-state index contributed by atoms with van der Waals surface area (Å²) < 4.78 is 2.28. The molecule has 0 spiro atoms. The highest BCUT2D eigenvalue weighted by Crippen LogP contribution is 2.38. The number of nitrogens with zero attached hydrogens (tertiary/aromatic N) is 2. The summed E-state index contributed by atoms with van der Waals surface area (Å²) in [6.07, 6.45) is 4.01. The number of imidazole rings is 1. The van der Waals surface area contributed by atoms with Gasteiger partial charge in [-0.1, -0.05) is 82.3 Å². The van der Waals surface area contributed by atoms with Gasteiger partial charge in [-0.05, 0) is 58.7 Å². The number of hydrogen-bond donors (Lipinski definition) is 0. The molecular weight excluding hydrogens is 364 g/mol. The molecule has 4 aromatic rings. The SMILES string of the molecule is Cc1ccccc1-c1cc(C(C)C)c(-n2ccnc2-c2ccccc2)c(C(C)C)c1. The third-order valence-corrected chi connectivity index (χ3v) is 5.78. The Balaban J connectivity index is 2.00. The molecule has 0 saturated heterocycles. The van der Waals surface area contributed by atoms with Crippen LogP contribution in [0.25, 0.3) is 28.2 Å². The smallest absolute Gasteiger partial charge is 0.144 e. The topological polar surface area (TPSA) is 17.8 Å². The van der Waals surface area contributed by atoms with Gasteiger partial charge in [-0.15, -0.1) is 0 Å². The van der Waals surface area contributed by atoms with Crippen molar-refractivity contribution in [1.82, 2.24) is 9.55 Å². The number of aromatic nitrogens is 2. The summed E-state index contributed by atoms with van der Waals surface area (Å²) in [5.74, 6) is 1.78. The van der Waals surface area contributed by atoms with Crippen molar-refractivity contribution in [2.45, 2.75) is 46.5 Å². The highest BCUT2D eigenvalue weighted by atomic mass is 15.1. The van der Waals surface area contributed by atoms with Crippen molar-refractivity contribution in [2.24, 2.45) is 0 Å². The summed E-state index contributed by atoms with van der Waals surface area (Å²) in [4.78, 5) is 4.72. The molecule has 2 nitrogen and oxygen atoms in total. The number of hydrogen-bond acceptors (Lipinski definition) is 1. The first-order valence-electron chi connectivity index (χ1n) is 10.8. The van der Waals surface area contributed by atoms with Crippen molar-refractivity contribution in [3.05, 3.63) is 95.8 Å².